The number of nitrogens with zero attached hydrogens (tertiary/aromatic N) is 2. The van der Waals surface area contributed by atoms with E-state index >= 15 is 0 Å². The van der Waals surface area contributed by atoms with Gasteiger partial charge in [0, 0.05) is 6.42 Å². The topological polar surface area (TPSA) is 70.0 Å². The molecule has 0 radical (unpaired) electrons. The van der Waals surface area contributed by atoms with Crippen LogP contribution in [-0.4, -0.2) is 21.9 Å². The first-order valence-corrected chi connectivity index (χ1v) is 6.55. The molecular formula is C14H11F3N3O2-. The zero-order valence-electron chi connectivity index (χ0n) is 11.2. The highest BCUT2D eigenvalue weighted by Gasteiger charge is 2.46. The maximum Gasteiger partial charge on any atom is 0.410 e. The smallest absolute Gasteiger partial charge is 0.410 e. The van der Waals surface area contributed by atoms with Gasteiger partial charge in [-0.3, -0.25) is 0 Å². The zero-order valence-corrected chi connectivity index (χ0v) is 11.2. The van der Waals surface area contributed by atoms with Gasteiger partial charge in [-0.1, -0.05) is 30.3 Å². The van der Waals surface area contributed by atoms with Crippen molar-refractivity contribution in [2.24, 2.45) is 0 Å². The van der Waals surface area contributed by atoms with Gasteiger partial charge >= 0.3 is 6.18 Å². The highest BCUT2D eigenvalue weighted by Crippen LogP contribution is 2.44. The molecule has 2 heterocycles. The summed E-state index contributed by atoms with van der Waals surface area (Å²) in [6.45, 7) is 0. The fourth-order valence-corrected chi connectivity index (χ4v) is 2.62. The summed E-state index contributed by atoms with van der Waals surface area (Å²) in [6.07, 6.45) is -3.92. The standard InChI is InChI=1S/C14H12F3N3O2/c15-14(16,17)11-6-10(8-4-2-1-3-5-8)19-12-9(13(21)22)7-18-20(11)12/h1-5,7,10-11,19H,6H2,(H,21,22)/p-1/t10-,11+/m0/s1. The lowest BCUT2D eigenvalue weighted by Crippen LogP contribution is -2.36. The molecule has 1 aliphatic rings. The van der Waals surface area contributed by atoms with Crippen LogP contribution < -0.4 is 10.4 Å². The van der Waals surface area contributed by atoms with E-state index in [2.05, 4.69) is 10.4 Å². The maximum absolute atomic E-state index is 13.3. The number of fused-ring (bicyclic) bond motifs is 1. The van der Waals surface area contributed by atoms with Crippen LogP contribution in [0.4, 0.5) is 19.0 Å². The van der Waals surface area contributed by atoms with E-state index in [4.69, 9.17) is 0 Å². The first-order chi connectivity index (χ1) is 10.4. The van der Waals surface area contributed by atoms with Crippen molar-refractivity contribution in [1.29, 1.82) is 0 Å². The van der Waals surface area contributed by atoms with E-state index in [-0.39, 0.29) is 17.8 Å². The van der Waals surface area contributed by atoms with Crippen molar-refractivity contribution in [2.75, 3.05) is 5.32 Å². The molecule has 1 aliphatic heterocycles. The molecule has 2 atom stereocenters. The van der Waals surface area contributed by atoms with E-state index < -0.39 is 24.2 Å². The van der Waals surface area contributed by atoms with Crippen molar-refractivity contribution in [1.82, 2.24) is 9.78 Å². The second kappa shape index (κ2) is 5.04. The molecule has 1 N–H and O–H groups in total. The highest BCUT2D eigenvalue weighted by atomic mass is 19.4. The number of carboxylic acids is 1. The Kier molecular flexibility index (Phi) is 3.31. The molecule has 1 aromatic heterocycles. The van der Waals surface area contributed by atoms with E-state index in [9.17, 15) is 23.1 Å². The summed E-state index contributed by atoms with van der Waals surface area (Å²) >= 11 is 0. The Labute approximate surface area is 123 Å². The first-order valence-electron chi connectivity index (χ1n) is 6.55. The molecule has 5 nitrogen and oxygen atoms in total. The van der Waals surface area contributed by atoms with Gasteiger partial charge < -0.3 is 15.2 Å². The molecule has 1 aromatic carbocycles. The van der Waals surface area contributed by atoms with Gasteiger partial charge in [0.25, 0.3) is 0 Å². The Morgan fingerprint density at radius 3 is 2.59 bits per heavy atom. The summed E-state index contributed by atoms with van der Waals surface area (Å²) in [5.41, 5.74) is 0.267. The fraction of sp³-hybridized carbons (Fsp3) is 0.286. The molecular weight excluding hydrogens is 299 g/mol. The lowest BCUT2D eigenvalue weighted by Gasteiger charge is -2.34. The predicted molar refractivity (Wildman–Crippen MR) is 69.1 cm³/mol. The minimum absolute atomic E-state index is 0.178. The number of benzene rings is 1. The minimum atomic E-state index is -4.53. The third-order valence-corrected chi connectivity index (χ3v) is 3.66. The Balaban J connectivity index is 2.07. The van der Waals surface area contributed by atoms with Crippen molar-refractivity contribution >= 4 is 11.8 Å². The molecule has 22 heavy (non-hydrogen) atoms. The Morgan fingerprint density at radius 1 is 1.32 bits per heavy atom. The van der Waals surface area contributed by atoms with E-state index in [1.54, 1.807) is 30.3 Å². The summed E-state index contributed by atoms with van der Waals surface area (Å²) < 4.78 is 40.5. The second-order valence-corrected chi connectivity index (χ2v) is 5.04. The fourth-order valence-electron chi connectivity index (χ4n) is 2.62. The van der Waals surface area contributed by atoms with Gasteiger partial charge in [0.1, 0.15) is 5.82 Å². The molecule has 0 fully saturated rings. The van der Waals surface area contributed by atoms with E-state index in [1.165, 1.54) is 0 Å². The number of aromatic nitrogens is 2. The lowest BCUT2D eigenvalue weighted by molar-refractivity contribution is -0.255. The number of rotatable bonds is 2. The van der Waals surface area contributed by atoms with Crippen LogP contribution >= 0.6 is 0 Å². The van der Waals surface area contributed by atoms with Crippen LogP contribution in [0.1, 0.15) is 34.4 Å². The van der Waals surface area contributed by atoms with Crippen LogP contribution in [-0.2, 0) is 0 Å². The number of carbonyl (C=O) groups excluding carboxylic acids is 1. The van der Waals surface area contributed by atoms with Gasteiger partial charge in [-0.15, -0.1) is 0 Å². The van der Waals surface area contributed by atoms with E-state index in [0.29, 0.717) is 10.2 Å². The average Bonchev–Trinajstić information content (AvgIpc) is 2.90. The Morgan fingerprint density at radius 2 is 2.00 bits per heavy atom. The van der Waals surface area contributed by atoms with Gasteiger partial charge in [0.2, 0.25) is 0 Å². The van der Waals surface area contributed by atoms with Gasteiger partial charge in [-0.05, 0) is 5.56 Å². The summed E-state index contributed by atoms with van der Waals surface area (Å²) in [5.74, 6) is -1.74. The van der Waals surface area contributed by atoms with Crippen molar-refractivity contribution < 1.29 is 23.1 Å². The lowest BCUT2D eigenvalue weighted by atomic mass is 9.96. The van der Waals surface area contributed by atoms with Gasteiger partial charge in [0.05, 0.1) is 23.8 Å². The molecule has 116 valence electrons. The number of aromatic carboxylic acids is 1. The van der Waals surface area contributed by atoms with E-state index in [1.807, 2.05) is 0 Å². The number of carbonyl (C=O) groups is 1. The number of anilines is 1. The molecule has 0 unspecified atom stereocenters. The second-order valence-electron chi connectivity index (χ2n) is 5.04. The molecule has 0 bridgehead atoms. The van der Waals surface area contributed by atoms with Crippen LogP contribution in [0, 0.1) is 0 Å². The number of alkyl halides is 3. The normalized spacial score (nSPS) is 21.0. The molecule has 0 amide bonds. The number of hydrogen-bond acceptors (Lipinski definition) is 4. The van der Waals surface area contributed by atoms with Gasteiger partial charge in [0.15, 0.2) is 6.04 Å². The average molecular weight is 310 g/mol. The zero-order chi connectivity index (χ0) is 15.9. The summed E-state index contributed by atoms with van der Waals surface area (Å²) in [6, 6.07) is 6.02. The third-order valence-electron chi connectivity index (χ3n) is 3.66. The van der Waals surface area contributed by atoms with E-state index in [0.717, 1.165) is 6.20 Å². The summed E-state index contributed by atoms with van der Waals surface area (Å²) in [7, 11) is 0. The van der Waals surface area contributed by atoms with Crippen LogP contribution in [0.3, 0.4) is 0 Å². The van der Waals surface area contributed by atoms with Crippen LogP contribution in [0.2, 0.25) is 0 Å². The number of halogens is 3. The van der Waals surface area contributed by atoms with Crippen LogP contribution in [0.15, 0.2) is 36.5 Å². The third kappa shape index (κ3) is 2.40. The highest BCUT2D eigenvalue weighted by molar-refractivity contribution is 5.91. The monoisotopic (exact) mass is 310 g/mol. The van der Waals surface area contributed by atoms with Gasteiger partial charge in [-0.2, -0.15) is 18.3 Å². The van der Waals surface area contributed by atoms with Gasteiger partial charge in [-0.25, -0.2) is 4.68 Å². The SMILES string of the molecule is O=C([O-])c1cnn2c1N[C@H](c1ccccc1)C[C@@H]2C(F)(F)F. The molecule has 0 saturated heterocycles. The summed E-state index contributed by atoms with van der Waals surface area (Å²) in [4.78, 5) is 11.0. The van der Waals surface area contributed by atoms with Crippen molar-refractivity contribution in [3.63, 3.8) is 0 Å². The number of hydrogen-bond donors (Lipinski definition) is 1. The quantitative estimate of drug-likeness (QED) is 0.920. The molecule has 0 aliphatic carbocycles. The maximum atomic E-state index is 13.3. The largest absolute Gasteiger partial charge is 0.545 e. The van der Waals surface area contributed by atoms with Crippen LogP contribution in [0.25, 0.3) is 0 Å². The molecule has 8 heteroatoms. The summed E-state index contributed by atoms with van der Waals surface area (Å²) in [5, 5.41) is 17.4. The Bertz CT molecular complexity index is 697. The molecule has 2 aromatic rings. The minimum Gasteiger partial charge on any atom is -0.545 e. The number of carboxylic acid groups (broad SMARTS) is 1. The van der Waals surface area contributed by atoms with Crippen molar-refractivity contribution in [3.8, 4) is 0 Å². The Hall–Kier alpha value is -2.51. The van der Waals surface area contributed by atoms with Crippen LogP contribution in [0.5, 0.6) is 0 Å². The van der Waals surface area contributed by atoms with Crippen molar-refractivity contribution in [3.05, 3.63) is 47.7 Å². The predicted octanol–water partition coefficient (Wildman–Crippen LogP) is 1.91. The molecule has 0 saturated carbocycles. The molecule has 0 spiro atoms. The van der Waals surface area contributed by atoms with Crippen molar-refractivity contribution in [2.45, 2.75) is 24.7 Å². The molecule has 3 rings (SSSR count). The number of nitrogens with one attached hydrogen (secondary N) is 1. The first kappa shape index (κ1) is 14.4.